The lowest BCUT2D eigenvalue weighted by atomic mass is 10.1. The highest BCUT2D eigenvalue weighted by Gasteiger charge is 2.18. The molecule has 2 rings (SSSR count). The van der Waals surface area contributed by atoms with E-state index in [1.54, 1.807) is 12.1 Å². The third-order valence-electron chi connectivity index (χ3n) is 3.20. The Bertz CT molecular complexity index is 790. The Morgan fingerprint density at radius 2 is 1.79 bits per heavy atom. The van der Waals surface area contributed by atoms with Crippen LogP contribution in [0.5, 0.6) is 0 Å². The van der Waals surface area contributed by atoms with E-state index in [2.05, 4.69) is 5.32 Å². The van der Waals surface area contributed by atoms with Gasteiger partial charge >= 0.3 is 5.97 Å². The van der Waals surface area contributed by atoms with Crippen LogP contribution in [0.2, 0.25) is 5.02 Å². The molecule has 0 spiro atoms. The van der Waals surface area contributed by atoms with E-state index in [0.29, 0.717) is 10.6 Å². The highest BCUT2D eigenvalue weighted by molar-refractivity contribution is 6.30. The van der Waals surface area contributed by atoms with Gasteiger partial charge in [0.25, 0.3) is 5.69 Å². The molecular weight excluding hydrogens is 336 g/mol. The second-order valence-electron chi connectivity index (χ2n) is 4.75. The van der Waals surface area contributed by atoms with Crippen LogP contribution < -0.4 is 5.32 Å². The van der Waals surface area contributed by atoms with Crippen LogP contribution in [0, 0.1) is 10.1 Å². The third-order valence-corrected chi connectivity index (χ3v) is 3.45. The minimum Gasteiger partial charge on any atom is -0.454 e. The van der Waals surface area contributed by atoms with Gasteiger partial charge in [-0.2, -0.15) is 0 Å². The maximum absolute atomic E-state index is 12.0. The lowest BCUT2D eigenvalue weighted by molar-refractivity contribution is -0.384. The largest absolute Gasteiger partial charge is 0.454 e. The van der Waals surface area contributed by atoms with E-state index in [0.717, 1.165) is 6.07 Å². The Hall–Kier alpha value is -2.93. The summed E-state index contributed by atoms with van der Waals surface area (Å²) in [6.07, 6.45) is 0. The van der Waals surface area contributed by atoms with Gasteiger partial charge in [0.05, 0.1) is 10.5 Å². The van der Waals surface area contributed by atoms with Gasteiger partial charge in [-0.15, -0.1) is 0 Å². The molecule has 8 heteroatoms. The molecule has 0 saturated carbocycles. The smallest absolute Gasteiger partial charge is 0.338 e. The number of hydrogen-bond acceptors (Lipinski definition) is 6. The predicted octanol–water partition coefficient (Wildman–Crippen LogP) is 3.33. The number of nitrogens with one attached hydrogen (secondary N) is 1. The van der Waals surface area contributed by atoms with E-state index < -0.39 is 23.3 Å². The highest BCUT2D eigenvalue weighted by Crippen LogP contribution is 2.25. The van der Waals surface area contributed by atoms with Crippen LogP contribution in [0.4, 0.5) is 11.4 Å². The Morgan fingerprint density at radius 1 is 1.17 bits per heavy atom. The van der Waals surface area contributed by atoms with E-state index >= 15 is 0 Å². The monoisotopic (exact) mass is 348 g/mol. The summed E-state index contributed by atoms with van der Waals surface area (Å²) in [7, 11) is 1.53. The number of anilines is 1. The zero-order valence-corrected chi connectivity index (χ0v) is 13.4. The summed E-state index contributed by atoms with van der Waals surface area (Å²) in [5.74, 6) is -1.22. The molecule has 2 aromatic rings. The lowest BCUT2D eigenvalue weighted by Gasteiger charge is -2.06. The average Bonchev–Trinajstić information content (AvgIpc) is 2.59. The number of esters is 1. The number of nitrogens with zero attached hydrogens (tertiary/aromatic N) is 1. The minimum atomic E-state index is -0.817. The lowest BCUT2D eigenvalue weighted by Crippen LogP contribution is -2.14. The molecular formula is C16H13ClN2O5. The van der Waals surface area contributed by atoms with Crippen molar-refractivity contribution in [2.75, 3.05) is 19.0 Å². The number of nitro groups is 1. The van der Waals surface area contributed by atoms with Crippen LogP contribution in [0.1, 0.15) is 20.7 Å². The molecule has 7 nitrogen and oxygen atoms in total. The first kappa shape index (κ1) is 17.4. The van der Waals surface area contributed by atoms with Crippen molar-refractivity contribution in [3.8, 4) is 0 Å². The third kappa shape index (κ3) is 4.08. The second-order valence-corrected chi connectivity index (χ2v) is 5.18. The van der Waals surface area contributed by atoms with Crippen LogP contribution in [0.25, 0.3) is 0 Å². The number of carbonyl (C=O) groups excluding carboxylic acids is 2. The van der Waals surface area contributed by atoms with Gasteiger partial charge in [0.15, 0.2) is 12.4 Å². The number of benzene rings is 2. The topological polar surface area (TPSA) is 98.5 Å². The quantitative estimate of drug-likeness (QED) is 0.372. The Morgan fingerprint density at radius 3 is 2.38 bits per heavy atom. The fourth-order valence-corrected chi connectivity index (χ4v) is 2.08. The molecule has 2 aromatic carbocycles. The number of halogens is 1. The van der Waals surface area contributed by atoms with Crippen LogP contribution in [-0.4, -0.2) is 30.3 Å². The number of Topliss-reactive ketones (excluding diaryl/α,β-unsaturated/α-hetero) is 1. The molecule has 0 aliphatic heterocycles. The van der Waals surface area contributed by atoms with E-state index in [9.17, 15) is 19.7 Å². The number of nitro benzene ring substituents is 1. The number of ether oxygens (including phenoxy) is 1. The fraction of sp³-hybridized carbons (Fsp3) is 0.125. The molecule has 0 heterocycles. The molecule has 0 fully saturated rings. The van der Waals surface area contributed by atoms with Crippen molar-refractivity contribution < 1.29 is 19.2 Å². The normalized spacial score (nSPS) is 10.1. The molecule has 0 amide bonds. The first-order chi connectivity index (χ1) is 11.4. The zero-order valence-electron chi connectivity index (χ0n) is 12.6. The number of carbonyl (C=O) groups is 2. The van der Waals surface area contributed by atoms with Crippen molar-refractivity contribution in [2.24, 2.45) is 0 Å². The van der Waals surface area contributed by atoms with Crippen molar-refractivity contribution in [1.82, 2.24) is 0 Å². The average molecular weight is 349 g/mol. The van der Waals surface area contributed by atoms with E-state index in [4.69, 9.17) is 16.3 Å². The molecule has 124 valence electrons. The summed E-state index contributed by atoms with van der Waals surface area (Å²) in [6.45, 7) is -0.470. The molecule has 0 aliphatic rings. The summed E-state index contributed by atoms with van der Waals surface area (Å²) >= 11 is 5.73. The summed E-state index contributed by atoms with van der Waals surface area (Å²) in [5, 5.41) is 14.1. The van der Waals surface area contributed by atoms with Crippen molar-refractivity contribution in [1.29, 1.82) is 0 Å². The maximum Gasteiger partial charge on any atom is 0.338 e. The molecule has 0 unspecified atom stereocenters. The van der Waals surface area contributed by atoms with E-state index in [-0.39, 0.29) is 16.9 Å². The molecule has 24 heavy (non-hydrogen) atoms. The van der Waals surface area contributed by atoms with Crippen LogP contribution in [-0.2, 0) is 4.74 Å². The van der Waals surface area contributed by atoms with Gasteiger partial charge in [-0.25, -0.2) is 4.79 Å². The maximum atomic E-state index is 12.0. The number of rotatable bonds is 6. The van der Waals surface area contributed by atoms with E-state index in [1.807, 2.05) is 0 Å². The molecule has 0 aromatic heterocycles. The molecule has 0 radical (unpaired) electrons. The summed E-state index contributed by atoms with van der Waals surface area (Å²) in [5.41, 5.74) is 0.359. The Balaban J connectivity index is 2.07. The highest BCUT2D eigenvalue weighted by atomic mass is 35.5. The van der Waals surface area contributed by atoms with Crippen LogP contribution in [0.3, 0.4) is 0 Å². The van der Waals surface area contributed by atoms with Crippen molar-refractivity contribution in [3.05, 3.63) is 68.7 Å². The van der Waals surface area contributed by atoms with Gasteiger partial charge in [0, 0.05) is 23.7 Å². The Kier molecular flexibility index (Phi) is 5.49. The van der Waals surface area contributed by atoms with Crippen LogP contribution >= 0.6 is 11.6 Å². The SMILES string of the molecule is CNc1ccc(C(=O)OCC(=O)c2ccc(Cl)cc2)cc1[N+](=O)[O-]. The van der Waals surface area contributed by atoms with Crippen molar-refractivity contribution in [3.63, 3.8) is 0 Å². The minimum absolute atomic E-state index is 0.00962. The van der Waals surface area contributed by atoms with Gasteiger partial charge in [-0.05, 0) is 36.4 Å². The van der Waals surface area contributed by atoms with Crippen molar-refractivity contribution in [2.45, 2.75) is 0 Å². The summed E-state index contributed by atoms with van der Waals surface area (Å²) in [6, 6.07) is 10.0. The van der Waals surface area contributed by atoms with Gasteiger partial charge in [0.1, 0.15) is 5.69 Å². The molecule has 0 bridgehead atoms. The Labute approximate surface area is 142 Å². The van der Waals surface area contributed by atoms with Gasteiger partial charge in [-0.1, -0.05) is 11.6 Å². The molecule has 0 saturated heterocycles. The fourth-order valence-electron chi connectivity index (χ4n) is 1.95. The first-order valence-corrected chi connectivity index (χ1v) is 7.22. The van der Waals surface area contributed by atoms with Crippen LogP contribution in [0.15, 0.2) is 42.5 Å². The van der Waals surface area contributed by atoms with Gasteiger partial charge in [0.2, 0.25) is 0 Å². The standard InChI is InChI=1S/C16H13ClN2O5/c1-18-13-7-4-11(8-14(13)19(22)23)16(21)24-9-15(20)10-2-5-12(17)6-3-10/h2-8,18H,9H2,1H3. The zero-order chi connectivity index (χ0) is 17.7. The van der Waals surface area contributed by atoms with Crippen molar-refractivity contribution >= 4 is 34.7 Å². The van der Waals surface area contributed by atoms with Gasteiger partial charge < -0.3 is 10.1 Å². The first-order valence-electron chi connectivity index (χ1n) is 6.84. The number of hydrogen-bond donors (Lipinski definition) is 1. The summed E-state index contributed by atoms with van der Waals surface area (Å²) in [4.78, 5) is 34.3. The van der Waals surface area contributed by atoms with Gasteiger partial charge in [-0.3, -0.25) is 14.9 Å². The molecule has 0 atom stereocenters. The number of ketones is 1. The molecule has 0 aliphatic carbocycles. The second kappa shape index (κ2) is 7.56. The van der Waals surface area contributed by atoms with E-state index in [1.165, 1.54) is 31.3 Å². The predicted molar refractivity (Wildman–Crippen MR) is 88.7 cm³/mol. The molecule has 1 N–H and O–H groups in total. The summed E-state index contributed by atoms with van der Waals surface area (Å²) < 4.78 is 4.92.